The molecular formula is C24H35N5O5. The fourth-order valence-electron chi connectivity index (χ4n) is 3.69. The second-order valence-corrected chi connectivity index (χ2v) is 8.76. The molecule has 186 valence electrons. The maximum atomic E-state index is 13.5. The SMILES string of the molecule is COCCCN(C(=O)CC(NC(C)=O)c1ccc(C)cc1)c1c(N)n(CC(C)C)c(=O)[nH]c1=O. The lowest BCUT2D eigenvalue weighted by molar-refractivity contribution is -0.121. The van der Waals surface area contributed by atoms with E-state index >= 15 is 0 Å². The first-order valence-electron chi connectivity index (χ1n) is 11.3. The smallest absolute Gasteiger partial charge is 0.330 e. The molecule has 0 spiro atoms. The summed E-state index contributed by atoms with van der Waals surface area (Å²) in [6, 6.07) is 6.90. The quantitative estimate of drug-likeness (QED) is 0.425. The van der Waals surface area contributed by atoms with Crippen molar-refractivity contribution in [2.75, 3.05) is 30.9 Å². The molecule has 0 radical (unpaired) electrons. The number of hydrogen-bond acceptors (Lipinski definition) is 6. The summed E-state index contributed by atoms with van der Waals surface area (Å²) in [5.41, 5.74) is 6.63. The zero-order valence-electron chi connectivity index (χ0n) is 20.5. The molecule has 10 nitrogen and oxygen atoms in total. The monoisotopic (exact) mass is 473 g/mol. The third-order valence-electron chi connectivity index (χ3n) is 5.30. The van der Waals surface area contributed by atoms with Gasteiger partial charge in [-0.15, -0.1) is 0 Å². The number of carbonyl (C=O) groups is 2. The van der Waals surface area contributed by atoms with E-state index in [1.165, 1.54) is 16.4 Å². The number of ether oxygens (including phenoxy) is 1. The number of nitrogen functional groups attached to an aromatic ring is 1. The predicted octanol–water partition coefficient (Wildman–Crippen LogP) is 1.72. The summed E-state index contributed by atoms with van der Waals surface area (Å²) in [5, 5.41) is 2.81. The van der Waals surface area contributed by atoms with E-state index in [0.717, 1.165) is 11.1 Å². The van der Waals surface area contributed by atoms with E-state index in [0.29, 0.717) is 13.0 Å². The summed E-state index contributed by atoms with van der Waals surface area (Å²) < 4.78 is 6.38. The van der Waals surface area contributed by atoms with Crippen molar-refractivity contribution in [3.05, 3.63) is 56.2 Å². The Morgan fingerprint density at radius 1 is 1.21 bits per heavy atom. The predicted molar refractivity (Wildman–Crippen MR) is 132 cm³/mol. The summed E-state index contributed by atoms with van der Waals surface area (Å²) in [6.45, 7) is 7.95. The van der Waals surface area contributed by atoms with Crippen LogP contribution in [-0.2, 0) is 20.9 Å². The number of amides is 2. The molecule has 0 saturated heterocycles. The van der Waals surface area contributed by atoms with Crippen LogP contribution in [0.25, 0.3) is 0 Å². The van der Waals surface area contributed by atoms with Crippen molar-refractivity contribution in [1.29, 1.82) is 0 Å². The molecule has 34 heavy (non-hydrogen) atoms. The minimum absolute atomic E-state index is 0.0698. The lowest BCUT2D eigenvalue weighted by Crippen LogP contribution is -2.43. The van der Waals surface area contributed by atoms with Gasteiger partial charge in [0.2, 0.25) is 11.8 Å². The highest BCUT2D eigenvalue weighted by molar-refractivity contribution is 5.96. The van der Waals surface area contributed by atoms with E-state index in [1.54, 1.807) is 7.11 Å². The molecule has 0 bridgehead atoms. The molecule has 0 saturated carbocycles. The van der Waals surface area contributed by atoms with Crippen molar-refractivity contribution in [3.8, 4) is 0 Å². The molecule has 2 aromatic rings. The Labute approximate surface area is 199 Å². The van der Waals surface area contributed by atoms with Crippen molar-refractivity contribution in [3.63, 3.8) is 0 Å². The number of nitrogens with one attached hydrogen (secondary N) is 2. The Hall–Kier alpha value is -3.40. The van der Waals surface area contributed by atoms with E-state index in [-0.39, 0.29) is 42.8 Å². The number of rotatable bonds is 11. The van der Waals surface area contributed by atoms with Gasteiger partial charge < -0.3 is 20.7 Å². The van der Waals surface area contributed by atoms with Gasteiger partial charge in [0.1, 0.15) is 5.82 Å². The van der Waals surface area contributed by atoms with E-state index in [9.17, 15) is 19.2 Å². The molecule has 1 atom stereocenters. The van der Waals surface area contributed by atoms with E-state index < -0.39 is 23.2 Å². The Balaban J connectivity index is 2.50. The van der Waals surface area contributed by atoms with Gasteiger partial charge in [-0.05, 0) is 24.8 Å². The summed E-state index contributed by atoms with van der Waals surface area (Å²) in [5.74, 6) is -0.684. The number of methoxy groups -OCH3 is 1. The van der Waals surface area contributed by atoms with Crippen LogP contribution in [0.2, 0.25) is 0 Å². The van der Waals surface area contributed by atoms with Crippen LogP contribution in [0.1, 0.15) is 50.8 Å². The van der Waals surface area contributed by atoms with Gasteiger partial charge in [0.15, 0.2) is 5.69 Å². The molecule has 1 heterocycles. The number of hydrogen-bond donors (Lipinski definition) is 3. The number of aromatic nitrogens is 2. The van der Waals surface area contributed by atoms with Crippen LogP contribution in [0.5, 0.6) is 0 Å². The highest BCUT2D eigenvalue weighted by Crippen LogP contribution is 2.23. The molecule has 2 rings (SSSR count). The van der Waals surface area contributed by atoms with Gasteiger partial charge in [-0.3, -0.25) is 23.9 Å². The summed E-state index contributed by atoms with van der Waals surface area (Å²) >= 11 is 0. The lowest BCUT2D eigenvalue weighted by Gasteiger charge is -2.27. The first-order chi connectivity index (χ1) is 16.0. The molecule has 0 aliphatic heterocycles. The molecule has 0 fully saturated rings. The molecule has 1 unspecified atom stereocenters. The summed E-state index contributed by atoms with van der Waals surface area (Å²) in [6.07, 6.45) is 0.345. The molecular weight excluding hydrogens is 438 g/mol. The molecule has 1 aromatic heterocycles. The third-order valence-corrected chi connectivity index (χ3v) is 5.30. The number of nitrogens with zero attached hydrogens (tertiary/aromatic N) is 2. The second kappa shape index (κ2) is 12.2. The standard InChI is InChI=1S/C24H35N5O5/c1-15(2)14-29-22(25)21(23(32)27-24(29)33)28(11-6-12-34-5)20(31)13-19(26-17(4)30)18-9-7-16(3)8-10-18/h7-10,15,19H,6,11-14,25H2,1-5H3,(H,26,30)(H,27,32,33). The van der Waals surface area contributed by atoms with Crippen LogP contribution in [0.4, 0.5) is 11.5 Å². The maximum absolute atomic E-state index is 13.5. The van der Waals surface area contributed by atoms with Crippen molar-refractivity contribution in [2.45, 2.75) is 53.1 Å². The van der Waals surface area contributed by atoms with Gasteiger partial charge in [-0.25, -0.2) is 4.79 Å². The summed E-state index contributed by atoms with van der Waals surface area (Å²) in [7, 11) is 1.54. The van der Waals surface area contributed by atoms with E-state index in [1.807, 2.05) is 45.0 Å². The van der Waals surface area contributed by atoms with Crippen molar-refractivity contribution >= 4 is 23.3 Å². The Kier molecular flexibility index (Phi) is 9.61. The Morgan fingerprint density at radius 2 is 1.85 bits per heavy atom. The number of benzene rings is 1. The molecule has 0 aliphatic rings. The van der Waals surface area contributed by atoms with Gasteiger partial charge in [0, 0.05) is 33.7 Å². The number of anilines is 2. The average molecular weight is 474 g/mol. The van der Waals surface area contributed by atoms with Crippen LogP contribution in [0.15, 0.2) is 33.9 Å². The molecule has 4 N–H and O–H groups in total. The zero-order chi connectivity index (χ0) is 25.4. The maximum Gasteiger partial charge on any atom is 0.330 e. The highest BCUT2D eigenvalue weighted by Gasteiger charge is 2.27. The van der Waals surface area contributed by atoms with E-state index in [4.69, 9.17) is 10.5 Å². The topological polar surface area (TPSA) is 140 Å². The van der Waals surface area contributed by atoms with Crippen LogP contribution in [0.3, 0.4) is 0 Å². The van der Waals surface area contributed by atoms with Gasteiger partial charge in [-0.1, -0.05) is 43.7 Å². The number of H-pyrrole nitrogens is 1. The first-order valence-corrected chi connectivity index (χ1v) is 11.3. The molecule has 10 heteroatoms. The largest absolute Gasteiger partial charge is 0.385 e. The highest BCUT2D eigenvalue weighted by atomic mass is 16.5. The fourth-order valence-corrected chi connectivity index (χ4v) is 3.69. The van der Waals surface area contributed by atoms with Crippen LogP contribution >= 0.6 is 0 Å². The lowest BCUT2D eigenvalue weighted by atomic mass is 10.0. The normalized spacial score (nSPS) is 11.9. The third kappa shape index (κ3) is 7.05. The van der Waals surface area contributed by atoms with Crippen molar-refractivity contribution in [1.82, 2.24) is 14.9 Å². The zero-order valence-corrected chi connectivity index (χ0v) is 20.5. The molecule has 0 aliphatic carbocycles. The van der Waals surface area contributed by atoms with E-state index in [2.05, 4.69) is 10.3 Å². The van der Waals surface area contributed by atoms with Gasteiger partial charge in [0.05, 0.1) is 12.5 Å². The number of aromatic amines is 1. The van der Waals surface area contributed by atoms with Crippen LogP contribution in [0, 0.1) is 12.8 Å². The van der Waals surface area contributed by atoms with Gasteiger partial charge >= 0.3 is 5.69 Å². The number of aryl methyl sites for hydroxylation is 1. The van der Waals surface area contributed by atoms with Gasteiger partial charge in [0.25, 0.3) is 5.56 Å². The minimum Gasteiger partial charge on any atom is -0.385 e. The molecule has 1 aromatic carbocycles. The first kappa shape index (κ1) is 26.8. The summed E-state index contributed by atoms with van der Waals surface area (Å²) in [4.78, 5) is 54.1. The average Bonchev–Trinajstić information content (AvgIpc) is 2.75. The Morgan fingerprint density at radius 3 is 2.41 bits per heavy atom. The minimum atomic E-state index is -0.736. The second-order valence-electron chi connectivity index (χ2n) is 8.76. The molecule has 2 amide bonds. The number of carbonyl (C=O) groups excluding carboxylic acids is 2. The fraction of sp³-hybridized carbons (Fsp3) is 0.500. The van der Waals surface area contributed by atoms with Crippen LogP contribution in [-0.4, -0.2) is 41.6 Å². The Bertz CT molecular complexity index is 1100. The van der Waals surface area contributed by atoms with Crippen molar-refractivity contribution in [2.24, 2.45) is 5.92 Å². The van der Waals surface area contributed by atoms with Crippen molar-refractivity contribution < 1.29 is 14.3 Å². The van der Waals surface area contributed by atoms with Gasteiger partial charge in [-0.2, -0.15) is 0 Å². The van der Waals surface area contributed by atoms with Crippen LogP contribution < -0.4 is 27.2 Å². The number of nitrogens with two attached hydrogens (primary N) is 1.